The standard InChI is InChI=1S/C10H14BrNO3/c1-6(11)9(12-7(2)10(13)14)15-5-8-3-4-8/h8H,3-5H2,1-2H3,(H,13,14)/b9-6-,12-7?. The van der Waals surface area contributed by atoms with E-state index < -0.39 is 5.97 Å². The van der Waals surface area contributed by atoms with Crippen LogP contribution < -0.4 is 0 Å². The topological polar surface area (TPSA) is 58.9 Å². The molecule has 0 aromatic carbocycles. The van der Waals surface area contributed by atoms with E-state index in [4.69, 9.17) is 9.84 Å². The van der Waals surface area contributed by atoms with Gasteiger partial charge in [0.25, 0.3) is 0 Å². The van der Waals surface area contributed by atoms with Crippen LogP contribution in [-0.4, -0.2) is 23.4 Å². The van der Waals surface area contributed by atoms with Crippen LogP contribution in [0.2, 0.25) is 0 Å². The van der Waals surface area contributed by atoms with Crippen LogP contribution in [0, 0.1) is 5.92 Å². The van der Waals surface area contributed by atoms with Gasteiger partial charge >= 0.3 is 5.97 Å². The zero-order valence-corrected chi connectivity index (χ0v) is 10.4. The summed E-state index contributed by atoms with van der Waals surface area (Å²) in [6.07, 6.45) is 2.38. The molecule has 0 spiro atoms. The number of aliphatic imine (C=N–C) groups is 1. The molecule has 0 atom stereocenters. The van der Waals surface area contributed by atoms with Crippen molar-refractivity contribution in [3.63, 3.8) is 0 Å². The Morgan fingerprint density at radius 2 is 2.13 bits per heavy atom. The summed E-state index contributed by atoms with van der Waals surface area (Å²) in [5.74, 6) is -0.0507. The van der Waals surface area contributed by atoms with Gasteiger partial charge < -0.3 is 9.84 Å². The Morgan fingerprint density at radius 3 is 2.53 bits per heavy atom. The minimum atomic E-state index is -1.03. The van der Waals surface area contributed by atoms with E-state index in [0.717, 1.165) is 0 Å². The summed E-state index contributed by atoms with van der Waals surface area (Å²) in [6.45, 7) is 3.84. The maximum Gasteiger partial charge on any atom is 0.350 e. The second kappa shape index (κ2) is 5.30. The molecule has 0 bridgehead atoms. The van der Waals surface area contributed by atoms with Crippen molar-refractivity contribution in [3.8, 4) is 0 Å². The molecule has 84 valence electrons. The number of carbonyl (C=O) groups is 1. The smallest absolute Gasteiger partial charge is 0.350 e. The van der Waals surface area contributed by atoms with Crippen molar-refractivity contribution in [3.05, 3.63) is 10.4 Å². The van der Waals surface area contributed by atoms with Crippen LogP contribution in [0.3, 0.4) is 0 Å². The predicted molar refractivity (Wildman–Crippen MR) is 61.0 cm³/mol. The zero-order valence-electron chi connectivity index (χ0n) is 8.79. The molecule has 0 saturated heterocycles. The van der Waals surface area contributed by atoms with E-state index in [1.165, 1.54) is 19.8 Å². The maximum atomic E-state index is 10.6. The number of halogens is 1. The number of ether oxygens (including phenoxy) is 1. The molecule has 1 fully saturated rings. The van der Waals surface area contributed by atoms with Crippen LogP contribution in [-0.2, 0) is 9.53 Å². The van der Waals surface area contributed by atoms with Crippen LogP contribution >= 0.6 is 15.9 Å². The highest BCUT2D eigenvalue weighted by Gasteiger charge is 2.22. The summed E-state index contributed by atoms with van der Waals surface area (Å²) in [5, 5.41) is 8.68. The Bertz CT molecular complexity index is 315. The number of hydrogen-bond acceptors (Lipinski definition) is 3. The SMILES string of the molecule is CC(=N/C(OCC1CC1)=C(\C)Br)C(=O)O. The summed E-state index contributed by atoms with van der Waals surface area (Å²) in [7, 11) is 0. The first-order valence-electron chi connectivity index (χ1n) is 4.78. The number of carboxylic acids is 1. The molecule has 4 nitrogen and oxygen atoms in total. The van der Waals surface area contributed by atoms with E-state index in [0.29, 0.717) is 22.9 Å². The Morgan fingerprint density at radius 1 is 1.53 bits per heavy atom. The molecule has 1 aliphatic rings. The molecule has 0 aliphatic heterocycles. The first-order chi connectivity index (χ1) is 7.00. The van der Waals surface area contributed by atoms with Gasteiger partial charge in [-0.05, 0) is 32.6 Å². The lowest BCUT2D eigenvalue weighted by molar-refractivity contribution is -0.129. The molecule has 15 heavy (non-hydrogen) atoms. The minimum Gasteiger partial charge on any atom is -0.477 e. The Labute approximate surface area is 97.2 Å². The molecule has 0 aromatic heterocycles. The molecule has 1 aliphatic carbocycles. The van der Waals surface area contributed by atoms with Crippen molar-refractivity contribution in [2.24, 2.45) is 10.9 Å². The molecule has 1 saturated carbocycles. The highest BCUT2D eigenvalue weighted by molar-refractivity contribution is 9.11. The summed E-state index contributed by atoms with van der Waals surface area (Å²) in [5.41, 5.74) is 0.0274. The van der Waals surface area contributed by atoms with Gasteiger partial charge in [0.2, 0.25) is 5.88 Å². The minimum absolute atomic E-state index is 0.0274. The molecule has 0 amide bonds. The fourth-order valence-corrected chi connectivity index (χ4v) is 1.09. The number of hydrogen-bond donors (Lipinski definition) is 1. The van der Waals surface area contributed by atoms with Gasteiger partial charge in [0.1, 0.15) is 5.71 Å². The van der Waals surface area contributed by atoms with Crippen molar-refractivity contribution in [2.75, 3.05) is 6.61 Å². The van der Waals surface area contributed by atoms with Crippen molar-refractivity contribution in [1.29, 1.82) is 0 Å². The van der Waals surface area contributed by atoms with Gasteiger partial charge in [0.05, 0.1) is 11.1 Å². The Hall–Kier alpha value is -0.840. The molecular weight excluding hydrogens is 262 g/mol. The lowest BCUT2D eigenvalue weighted by Gasteiger charge is -2.06. The molecule has 1 rings (SSSR count). The van der Waals surface area contributed by atoms with Gasteiger partial charge in [-0.25, -0.2) is 9.79 Å². The third-order valence-corrected chi connectivity index (χ3v) is 2.37. The molecule has 0 unspecified atom stereocenters. The fraction of sp³-hybridized carbons (Fsp3) is 0.600. The molecule has 1 N–H and O–H groups in total. The predicted octanol–water partition coefficient (Wildman–Crippen LogP) is 2.54. The highest BCUT2D eigenvalue weighted by atomic mass is 79.9. The molecule has 5 heteroatoms. The average molecular weight is 276 g/mol. The average Bonchev–Trinajstić information content (AvgIpc) is 2.94. The monoisotopic (exact) mass is 275 g/mol. The molecule has 0 radical (unpaired) electrons. The van der Waals surface area contributed by atoms with Gasteiger partial charge in [-0.15, -0.1) is 0 Å². The van der Waals surface area contributed by atoms with Crippen molar-refractivity contribution in [2.45, 2.75) is 26.7 Å². The van der Waals surface area contributed by atoms with Crippen LogP contribution in [0.4, 0.5) is 0 Å². The number of allylic oxidation sites excluding steroid dienone is 1. The van der Waals surface area contributed by atoms with Crippen LogP contribution in [0.15, 0.2) is 15.4 Å². The van der Waals surface area contributed by atoms with Crippen LogP contribution in [0.5, 0.6) is 0 Å². The van der Waals surface area contributed by atoms with E-state index in [-0.39, 0.29) is 5.71 Å². The third-order valence-electron chi connectivity index (χ3n) is 2.03. The van der Waals surface area contributed by atoms with Gasteiger partial charge in [-0.3, -0.25) is 0 Å². The van der Waals surface area contributed by atoms with Gasteiger partial charge in [0.15, 0.2) is 0 Å². The highest BCUT2D eigenvalue weighted by Crippen LogP contribution is 2.30. The van der Waals surface area contributed by atoms with Crippen molar-refractivity contribution >= 4 is 27.6 Å². The van der Waals surface area contributed by atoms with Crippen molar-refractivity contribution < 1.29 is 14.6 Å². The fourth-order valence-electron chi connectivity index (χ4n) is 0.890. The first-order valence-corrected chi connectivity index (χ1v) is 5.57. The Balaban J connectivity index is 2.61. The molecule has 0 aromatic rings. The van der Waals surface area contributed by atoms with Crippen LogP contribution in [0.1, 0.15) is 26.7 Å². The number of rotatable bonds is 5. The quantitative estimate of drug-likeness (QED) is 0.620. The third kappa shape index (κ3) is 4.46. The van der Waals surface area contributed by atoms with E-state index in [1.54, 1.807) is 6.92 Å². The van der Waals surface area contributed by atoms with Gasteiger partial charge in [-0.1, -0.05) is 15.9 Å². The largest absolute Gasteiger partial charge is 0.477 e. The Kier molecular flexibility index (Phi) is 4.32. The van der Waals surface area contributed by atoms with E-state index in [1.807, 2.05) is 0 Å². The number of carboxylic acid groups (broad SMARTS) is 1. The second-order valence-electron chi connectivity index (χ2n) is 3.60. The van der Waals surface area contributed by atoms with Crippen LogP contribution in [0.25, 0.3) is 0 Å². The lowest BCUT2D eigenvalue weighted by atomic mass is 10.4. The summed E-state index contributed by atoms with van der Waals surface area (Å²) >= 11 is 3.24. The van der Waals surface area contributed by atoms with E-state index >= 15 is 0 Å². The zero-order chi connectivity index (χ0) is 11.4. The lowest BCUT2D eigenvalue weighted by Crippen LogP contribution is -2.09. The molecule has 0 heterocycles. The summed E-state index contributed by atoms with van der Waals surface area (Å²) < 4.78 is 6.14. The molecular formula is C10H14BrNO3. The summed E-state index contributed by atoms with van der Waals surface area (Å²) in [4.78, 5) is 14.5. The van der Waals surface area contributed by atoms with E-state index in [9.17, 15) is 4.79 Å². The van der Waals surface area contributed by atoms with Gasteiger partial charge in [-0.2, -0.15) is 0 Å². The van der Waals surface area contributed by atoms with Crippen molar-refractivity contribution in [1.82, 2.24) is 0 Å². The first kappa shape index (κ1) is 12.2. The number of nitrogens with zero attached hydrogens (tertiary/aromatic N) is 1. The summed E-state index contributed by atoms with van der Waals surface area (Å²) in [6, 6.07) is 0. The maximum absolute atomic E-state index is 10.6. The van der Waals surface area contributed by atoms with E-state index in [2.05, 4.69) is 20.9 Å². The second-order valence-corrected chi connectivity index (χ2v) is 4.78. The van der Waals surface area contributed by atoms with Gasteiger partial charge in [0, 0.05) is 0 Å². The number of aliphatic carboxylic acids is 1. The normalized spacial score (nSPS) is 18.5.